The van der Waals surface area contributed by atoms with Crippen LogP contribution in [0.25, 0.3) is 80.4 Å². The molecule has 50 heavy (non-hydrogen) atoms. The number of aromatic nitrogens is 1. The SMILES string of the molecule is c1ccc(-n2c3ccccc3c3cc(N(c4ccc5c(c4)sc4ccccc45)c4cccc5c4oc4cc6ccccc6cc45)ccc32)cc1. The molecule has 11 aromatic rings. The predicted octanol–water partition coefficient (Wildman–Crippen LogP) is 13.7. The van der Waals surface area contributed by atoms with Crippen LogP contribution < -0.4 is 4.90 Å². The van der Waals surface area contributed by atoms with Crippen molar-refractivity contribution in [1.29, 1.82) is 0 Å². The summed E-state index contributed by atoms with van der Waals surface area (Å²) in [4.78, 5) is 2.38. The molecule has 0 radical (unpaired) electrons. The monoisotopic (exact) mass is 656 g/mol. The largest absolute Gasteiger partial charge is 0.454 e. The van der Waals surface area contributed by atoms with Gasteiger partial charge in [0, 0.05) is 58.8 Å². The Labute approximate surface area is 291 Å². The fourth-order valence-corrected chi connectivity index (χ4v) is 9.02. The zero-order valence-corrected chi connectivity index (χ0v) is 27.7. The number of hydrogen-bond acceptors (Lipinski definition) is 3. The molecule has 0 saturated heterocycles. The van der Waals surface area contributed by atoms with Gasteiger partial charge in [-0.05, 0) is 83.6 Å². The van der Waals surface area contributed by atoms with Gasteiger partial charge in [0.05, 0.1) is 16.7 Å². The third-order valence-corrected chi connectivity index (χ3v) is 11.3. The van der Waals surface area contributed by atoms with Crippen molar-refractivity contribution < 1.29 is 4.42 Å². The summed E-state index contributed by atoms with van der Waals surface area (Å²) in [6.45, 7) is 0. The van der Waals surface area contributed by atoms with Crippen molar-refractivity contribution in [2.45, 2.75) is 0 Å². The molecular weight excluding hydrogens is 629 g/mol. The highest BCUT2D eigenvalue weighted by Crippen LogP contribution is 2.46. The van der Waals surface area contributed by atoms with Crippen molar-refractivity contribution in [3.63, 3.8) is 0 Å². The molecular formula is C46H28N2OS. The lowest BCUT2D eigenvalue weighted by atomic mass is 10.1. The van der Waals surface area contributed by atoms with Crippen molar-refractivity contribution in [3.8, 4) is 5.69 Å². The first-order chi connectivity index (χ1) is 24.8. The Morgan fingerprint density at radius 2 is 1.12 bits per heavy atom. The molecule has 0 amide bonds. The number of rotatable bonds is 4. The van der Waals surface area contributed by atoms with Gasteiger partial charge in [0.25, 0.3) is 0 Å². The minimum absolute atomic E-state index is 0.876. The normalized spacial score (nSPS) is 12.0. The Kier molecular flexibility index (Phi) is 5.83. The van der Waals surface area contributed by atoms with Crippen LogP contribution >= 0.6 is 11.3 Å². The van der Waals surface area contributed by atoms with Crippen LogP contribution in [0.1, 0.15) is 0 Å². The van der Waals surface area contributed by atoms with Crippen molar-refractivity contribution in [3.05, 3.63) is 170 Å². The summed E-state index contributed by atoms with van der Waals surface area (Å²) < 4.78 is 11.8. The summed E-state index contributed by atoms with van der Waals surface area (Å²) in [5.74, 6) is 0. The quantitative estimate of drug-likeness (QED) is 0.188. The van der Waals surface area contributed by atoms with Crippen LogP contribution in [-0.4, -0.2) is 4.57 Å². The van der Waals surface area contributed by atoms with Crippen LogP contribution in [0.2, 0.25) is 0 Å². The van der Waals surface area contributed by atoms with Crippen LogP contribution in [0.3, 0.4) is 0 Å². The van der Waals surface area contributed by atoms with E-state index in [4.69, 9.17) is 4.42 Å². The molecule has 3 aromatic heterocycles. The summed E-state index contributed by atoms with van der Waals surface area (Å²) >= 11 is 1.84. The van der Waals surface area contributed by atoms with Crippen LogP contribution in [-0.2, 0) is 0 Å². The highest BCUT2D eigenvalue weighted by Gasteiger charge is 2.22. The van der Waals surface area contributed by atoms with E-state index in [2.05, 4.69) is 179 Å². The summed E-state index contributed by atoms with van der Waals surface area (Å²) in [5.41, 5.74) is 8.46. The topological polar surface area (TPSA) is 21.3 Å². The number of nitrogens with zero attached hydrogens (tertiary/aromatic N) is 2. The Balaban J connectivity index is 1.20. The number of hydrogen-bond donors (Lipinski definition) is 0. The lowest BCUT2D eigenvalue weighted by Gasteiger charge is -2.26. The number of anilines is 3. The second-order valence-corrected chi connectivity index (χ2v) is 14.0. The van der Waals surface area contributed by atoms with Crippen LogP contribution in [0.4, 0.5) is 17.1 Å². The molecule has 3 heterocycles. The van der Waals surface area contributed by atoms with Crippen molar-refractivity contribution in [2.24, 2.45) is 0 Å². The second-order valence-electron chi connectivity index (χ2n) is 13.0. The molecule has 0 bridgehead atoms. The molecule has 234 valence electrons. The average molecular weight is 657 g/mol. The van der Waals surface area contributed by atoms with E-state index in [0.29, 0.717) is 0 Å². The van der Waals surface area contributed by atoms with Gasteiger partial charge in [-0.1, -0.05) is 97.1 Å². The number of thiophene rings is 1. The van der Waals surface area contributed by atoms with Gasteiger partial charge in [-0.15, -0.1) is 11.3 Å². The lowest BCUT2D eigenvalue weighted by molar-refractivity contribution is 0.669. The predicted molar refractivity (Wildman–Crippen MR) is 213 cm³/mol. The molecule has 4 heteroatoms. The molecule has 0 aliphatic carbocycles. The minimum atomic E-state index is 0.876. The average Bonchev–Trinajstić information content (AvgIpc) is 3.83. The highest BCUT2D eigenvalue weighted by molar-refractivity contribution is 7.25. The van der Waals surface area contributed by atoms with Crippen molar-refractivity contribution in [2.75, 3.05) is 4.90 Å². The number of furan rings is 1. The summed E-state index contributed by atoms with van der Waals surface area (Å²) in [6, 6.07) is 61.3. The van der Waals surface area contributed by atoms with E-state index in [9.17, 15) is 0 Å². The lowest BCUT2D eigenvalue weighted by Crippen LogP contribution is -2.10. The maximum Gasteiger partial charge on any atom is 0.159 e. The van der Waals surface area contributed by atoms with E-state index in [0.717, 1.165) is 44.7 Å². The molecule has 0 saturated carbocycles. The van der Waals surface area contributed by atoms with E-state index in [-0.39, 0.29) is 0 Å². The molecule has 0 aliphatic rings. The highest BCUT2D eigenvalue weighted by atomic mass is 32.1. The van der Waals surface area contributed by atoms with Crippen LogP contribution in [0.15, 0.2) is 174 Å². The van der Waals surface area contributed by atoms with E-state index >= 15 is 0 Å². The van der Waals surface area contributed by atoms with Gasteiger partial charge in [-0.25, -0.2) is 0 Å². The molecule has 0 fully saturated rings. The second kappa shape index (κ2) is 10.6. The Hall–Kier alpha value is -6.36. The smallest absolute Gasteiger partial charge is 0.159 e. The molecule has 11 rings (SSSR count). The molecule has 0 aliphatic heterocycles. The van der Waals surface area contributed by atoms with E-state index in [1.54, 1.807) is 0 Å². The first-order valence-corrected chi connectivity index (χ1v) is 17.7. The zero-order chi connectivity index (χ0) is 32.8. The fourth-order valence-electron chi connectivity index (χ4n) is 7.88. The van der Waals surface area contributed by atoms with Gasteiger partial charge in [-0.3, -0.25) is 0 Å². The van der Waals surface area contributed by atoms with Gasteiger partial charge >= 0.3 is 0 Å². The third kappa shape index (κ3) is 4.03. The van der Waals surface area contributed by atoms with Gasteiger partial charge in [0.1, 0.15) is 5.58 Å². The third-order valence-electron chi connectivity index (χ3n) is 10.1. The molecule has 8 aromatic carbocycles. The van der Waals surface area contributed by atoms with E-state index in [1.807, 2.05) is 11.3 Å². The van der Waals surface area contributed by atoms with E-state index in [1.165, 1.54) is 52.8 Å². The number of fused-ring (bicyclic) bond motifs is 10. The van der Waals surface area contributed by atoms with Gasteiger partial charge in [-0.2, -0.15) is 0 Å². The van der Waals surface area contributed by atoms with Gasteiger partial charge in [0.2, 0.25) is 0 Å². The van der Waals surface area contributed by atoms with Gasteiger partial charge < -0.3 is 13.9 Å². The first-order valence-electron chi connectivity index (χ1n) is 16.9. The molecule has 0 spiro atoms. The number of para-hydroxylation sites is 3. The maximum absolute atomic E-state index is 6.83. The Morgan fingerprint density at radius 1 is 0.440 bits per heavy atom. The Morgan fingerprint density at radius 3 is 2.02 bits per heavy atom. The fraction of sp³-hybridized carbons (Fsp3) is 0. The molecule has 0 N–H and O–H groups in total. The maximum atomic E-state index is 6.83. The minimum Gasteiger partial charge on any atom is -0.454 e. The van der Waals surface area contributed by atoms with Crippen molar-refractivity contribution >= 4 is 103 Å². The van der Waals surface area contributed by atoms with Crippen molar-refractivity contribution in [1.82, 2.24) is 4.57 Å². The summed E-state index contributed by atoms with van der Waals surface area (Å²) in [6.07, 6.45) is 0. The molecule has 0 atom stereocenters. The Bertz CT molecular complexity index is 3110. The summed E-state index contributed by atoms with van der Waals surface area (Å²) in [5, 5.41) is 9.63. The summed E-state index contributed by atoms with van der Waals surface area (Å²) in [7, 11) is 0. The number of benzene rings is 8. The molecule has 0 unspecified atom stereocenters. The van der Waals surface area contributed by atoms with Crippen LogP contribution in [0.5, 0.6) is 0 Å². The van der Waals surface area contributed by atoms with E-state index < -0.39 is 0 Å². The first kappa shape index (κ1) is 27.6. The van der Waals surface area contributed by atoms with Gasteiger partial charge in [0.15, 0.2) is 5.58 Å². The standard InChI is InChI=1S/C46H28N2OS/c1-2-13-31(14-3-1)48-40-18-8-6-15-34(40)38-27-32(22-24-41(38)48)47(33-21-23-36-35-16-7-9-20-44(35)50-45(36)28-33)42-19-10-17-37-39-25-29-11-4-5-12-30(29)26-43(39)49-46(37)42/h1-28H. The van der Waals surface area contributed by atoms with Crippen LogP contribution in [0, 0.1) is 0 Å². The molecule has 3 nitrogen and oxygen atoms in total. The zero-order valence-electron chi connectivity index (χ0n) is 26.9.